The molecule has 0 radical (unpaired) electrons. The van der Waals surface area contributed by atoms with E-state index in [0.717, 1.165) is 23.6 Å². The van der Waals surface area contributed by atoms with Gasteiger partial charge >= 0.3 is 0 Å². The van der Waals surface area contributed by atoms with Crippen LogP contribution in [0.5, 0.6) is 0 Å². The van der Waals surface area contributed by atoms with E-state index in [1.165, 1.54) is 11.3 Å². The lowest BCUT2D eigenvalue weighted by Crippen LogP contribution is -2.23. The van der Waals surface area contributed by atoms with E-state index in [2.05, 4.69) is 43.1 Å². The molecule has 106 valence electrons. The molecule has 0 saturated carbocycles. The molecule has 0 aliphatic rings. The van der Waals surface area contributed by atoms with Crippen molar-refractivity contribution in [2.24, 2.45) is 5.73 Å². The Kier molecular flexibility index (Phi) is 5.05. The van der Waals surface area contributed by atoms with Gasteiger partial charge in [-0.2, -0.15) is 0 Å². The molecule has 2 aromatic rings. The summed E-state index contributed by atoms with van der Waals surface area (Å²) >= 11 is 5.89. The third-order valence-electron chi connectivity index (χ3n) is 3.55. The Balaban J connectivity index is 1.91. The van der Waals surface area contributed by atoms with Crippen molar-refractivity contribution in [1.29, 1.82) is 0 Å². The third-order valence-corrected chi connectivity index (χ3v) is 3.80. The van der Waals surface area contributed by atoms with E-state index in [1.807, 2.05) is 24.3 Å². The summed E-state index contributed by atoms with van der Waals surface area (Å²) in [6, 6.07) is 16.4. The van der Waals surface area contributed by atoms with Crippen LogP contribution in [0.15, 0.2) is 48.5 Å². The molecule has 0 aromatic heterocycles. The molecule has 0 heterocycles. The highest BCUT2D eigenvalue weighted by Gasteiger charge is 2.08. The Morgan fingerprint density at radius 1 is 1.05 bits per heavy atom. The average Bonchev–Trinajstić information content (AvgIpc) is 2.46. The van der Waals surface area contributed by atoms with E-state index in [-0.39, 0.29) is 6.04 Å². The highest BCUT2D eigenvalue weighted by Crippen LogP contribution is 2.19. The van der Waals surface area contributed by atoms with Crippen LogP contribution in [-0.2, 0) is 0 Å². The van der Waals surface area contributed by atoms with E-state index >= 15 is 0 Å². The molecule has 0 bridgehead atoms. The molecule has 2 rings (SSSR count). The number of rotatable bonds is 5. The van der Waals surface area contributed by atoms with Gasteiger partial charge in [-0.1, -0.05) is 41.4 Å². The minimum Gasteiger partial charge on any atom is -0.375 e. The Morgan fingerprint density at radius 2 is 1.65 bits per heavy atom. The smallest absolute Gasteiger partial charge is 0.0406 e. The molecule has 0 aliphatic carbocycles. The van der Waals surface area contributed by atoms with Gasteiger partial charge in [0.15, 0.2) is 0 Å². The van der Waals surface area contributed by atoms with E-state index in [9.17, 15) is 0 Å². The van der Waals surface area contributed by atoms with Gasteiger partial charge in [0.1, 0.15) is 0 Å². The Bertz CT molecular complexity index is 482. The second-order valence-electron chi connectivity index (χ2n) is 5.20. The fourth-order valence-corrected chi connectivity index (χ4v) is 2.26. The molecule has 2 nitrogen and oxygen atoms in total. The fourth-order valence-electron chi connectivity index (χ4n) is 2.14. The summed E-state index contributed by atoms with van der Waals surface area (Å²) in [6.45, 7) is 3.02. The van der Waals surface area contributed by atoms with Crippen molar-refractivity contribution in [3.05, 3.63) is 64.7 Å². The fraction of sp³-hybridized carbons (Fsp3) is 0.294. The first-order chi connectivity index (χ1) is 9.56. The van der Waals surface area contributed by atoms with Gasteiger partial charge in [-0.05, 0) is 43.2 Å². The van der Waals surface area contributed by atoms with Crippen molar-refractivity contribution >= 4 is 17.3 Å². The van der Waals surface area contributed by atoms with Gasteiger partial charge < -0.3 is 10.6 Å². The standard InChI is InChI=1S/C17H21ClN2/c1-13-3-9-16(10-4-13)20(2)12-11-17(19)14-5-7-15(18)8-6-14/h3-10,17H,11-12,19H2,1-2H3. The minimum absolute atomic E-state index is 0.0418. The van der Waals surface area contributed by atoms with Crippen molar-refractivity contribution in [1.82, 2.24) is 0 Å². The second kappa shape index (κ2) is 6.78. The van der Waals surface area contributed by atoms with Crippen LogP contribution in [-0.4, -0.2) is 13.6 Å². The summed E-state index contributed by atoms with van der Waals surface area (Å²) in [4.78, 5) is 2.23. The Hall–Kier alpha value is -1.51. The SMILES string of the molecule is Cc1ccc(N(C)CCC(N)c2ccc(Cl)cc2)cc1. The number of aryl methyl sites for hydroxylation is 1. The van der Waals surface area contributed by atoms with E-state index < -0.39 is 0 Å². The zero-order valence-corrected chi connectivity index (χ0v) is 12.8. The van der Waals surface area contributed by atoms with Gasteiger partial charge in [-0.25, -0.2) is 0 Å². The van der Waals surface area contributed by atoms with Crippen LogP contribution in [0.3, 0.4) is 0 Å². The highest BCUT2D eigenvalue weighted by molar-refractivity contribution is 6.30. The van der Waals surface area contributed by atoms with E-state index in [1.54, 1.807) is 0 Å². The Labute approximate surface area is 126 Å². The molecular formula is C17H21ClN2. The Morgan fingerprint density at radius 3 is 2.25 bits per heavy atom. The molecule has 20 heavy (non-hydrogen) atoms. The molecule has 0 aliphatic heterocycles. The molecule has 2 aromatic carbocycles. The zero-order chi connectivity index (χ0) is 14.5. The highest BCUT2D eigenvalue weighted by atomic mass is 35.5. The van der Waals surface area contributed by atoms with Crippen LogP contribution in [0.4, 0.5) is 5.69 Å². The van der Waals surface area contributed by atoms with Crippen LogP contribution in [0, 0.1) is 6.92 Å². The first kappa shape index (κ1) is 14.9. The lowest BCUT2D eigenvalue weighted by atomic mass is 10.0. The number of nitrogens with two attached hydrogens (primary N) is 1. The number of nitrogens with zero attached hydrogens (tertiary/aromatic N) is 1. The molecule has 3 heteroatoms. The van der Waals surface area contributed by atoms with Gasteiger partial charge in [-0.15, -0.1) is 0 Å². The van der Waals surface area contributed by atoms with E-state index in [0.29, 0.717) is 0 Å². The van der Waals surface area contributed by atoms with Gasteiger partial charge in [-0.3, -0.25) is 0 Å². The molecule has 0 saturated heterocycles. The molecular weight excluding hydrogens is 268 g/mol. The number of anilines is 1. The predicted octanol–water partition coefficient (Wildman–Crippen LogP) is 4.17. The van der Waals surface area contributed by atoms with Crippen LogP contribution in [0.1, 0.15) is 23.6 Å². The van der Waals surface area contributed by atoms with Gasteiger partial charge in [0.25, 0.3) is 0 Å². The van der Waals surface area contributed by atoms with Crippen molar-refractivity contribution in [3.63, 3.8) is 0 Å². The van der Waals surface area contributed by atoms with Gasteiger partial charge in [0.05, 0.1) is 0 Å². The summed E-state index contributed by atoms with van der Waals surface area (Å²) in [6.07, 6.45) is 0.909. The maximum absolute atomic E-state index is 6.23. The lowest BCUT2D eigenvalue weighted by Gasteiger charge is -2.22. The van der Waals surface area contributed by atoms with E-state index in [4.69, 9.17) is 17.3 Å². The maximum atomic E-state index is 6.23. The quantitative estimate of drug-likeness (QED) is 0.894. The molecule has 2 N–H and O–H groups in total. The molecule has 0 spiro atoms. The van der Waals surface area contributed by atoms with Crippen molar-refractivity contribution in [2.75, 3.05) is 18.5 Å². The first-order valence-corrected chi connectivity index (χ1v) is 7.23. The van der Waals surface area contributed by atoms with Gasteiger partial charge in [0, 0.05) is 30.3 Å². The maximum Gasteiger partial charge on any atom is 0.0406 e. The zero-order valence-electron chi connectivity index (χ0n) is 12.0. The summed E-state index contributed by atoms with van der Waals surface area (Å²) in [7, 11) is 2.10. The predicted molar refractivity (Wildman–Crippen MR) is 87.4 cm³/mol. The second-order valence-corrected chi connectivity index (χ2v) is 5.64. The van der Waals surface area contributed by atoms with Gasteiger partial charge in [0.2, 0.25) is 0 Å². The minimum atomic E-state index is 0.0418. The van der Waals surface area contributed by atoms with Crippen LogP contribution >= 0.6 is 11.6 Å². The largest absolute Gasteiger partial charge is 0.375 e. The normalized spacial score (nSPS) is 12.2. The van der Waals surface area contributed by atoms with Crippen LogP contribution in [0.2, 0.25) is 5.02 Å². The summed E-state index contributed by atoms with van der Waals surface area (Å²) in [5.74, 6) is 0. The topological polar surface area (TPSA) is 29.3 Å². The van der Waals surface area contributed by atoms with Crippen LogP contribution < -0.4 is 10.6 Å². The van der Waals surface area contributed by atoms with Crippen molar-refractivity contribution in [2.45, 2.75) is 19.4 Å². The molecule has 1 unspecified atom stereocenters. The third kappa shape index (κ3) is 3.99. The summed E-state index contributed by atoms with van der Waals surface area (Å²) in [5.41, 5.74) is 9.86. The molecule has 0 fully saturated rings. The summed E-state index contributed by atoms with van der Waals surface area (Å²) in [5, 5.41) is 0.748. The van der Waals surface area contributed by atoms with Crippen molar-refractivity contribution in [3.8, 4) is 0 Å². The first-order valence-electron chi connectivity index (χ1n) is 6.85. The molecule has 1 atom stereocenters. The average molecular weight is 289 g/mol. The lowest BCUT2D eigenvalue weighted by molar-refractivity contribution is 0.645. The molecule has 0 amide bonds. The monoisotopic (exact) mass is 288 g/mol. The number of benzene rings is 2. The number of hydrogen-bond acceptors (Lipinski definition) is 2. The number of hydrogen-bond donors (Lipinski definition) is 1. The van der Waals surface area contributed by atoms with Crippen molar-refractivity contribution < 1.29 is 0 Å². The summed E-state index contributed by atoms with van der Waals surface area (Å²) < 4.78 is 0. The number of halogens is 1. The van der Waals surface area contributed by atoms with Crippen LogP contribution in [0.25, 0.3) is 0 Å².